The van der Waals surface area contributed by atoms with Crippen molar-refractivity contribution in [1.82, 2.24) is 30.4 Å². The van der Waals surface area contributed by atoms with E-state index in [1.165, 1.54) is 12.4 Å². The predicted octanol–water partition coefficient (Wildman–Crippen LogP) is 3.22. The fourth-order valence-corrected chi connectivity index (χ4v) is 4.11. The first-order valence-corrected chi connectivity index (χ1v) is 11.0. The second kappa shape index (κ2) is 10.2. The van der Waals surface area contributed by atoms with Crippen LogP contribution < -0.4 is 10.1 Å². The Balaban J connectivity index is 1.45. The van der Waals surface area contributed by atoms with Gasteiger partial charge in [-0.3, -0.25) is 9.69 Å². The number of carbonyl (C=O) groups excluding carboxylic acids is 1. The highest BCUT2D eigenvalue weighted by molar-refractivity contribution is 5.82. The van der Waals surface area contributed by atoms with E-state index in [1.54, 1.807) is 10.7 Å². The van der Waals surface area contributed by atoms with Gasteiger partial charge in [0, 0.05) is 19.6 Å². The second-order valence-corrected chi connectivity index (χ2v) is 8.12. The Morgan fingerprint density at radius 3 is 2.65 bits per heavy atom. The Bertz CT molecular complexity index is 1090. The van der Waals surface area contributed by atoms with E-state index in [0.717, 1.165) is 23.4 Å². The average molecular weight is 474 g/mol. The highest BCUT2D eigenvalue weighted by atomic mass is 19.4. The lowest BCUT2D eigenvalue weighted by atomic mass is 10.1. The lowest BCUT2D eigenvalue weighted by Gasteiger charge is -2.23. The number of halogens is 3. The normalized spacial score (nSPS) is 18.7. The summed E-state index contributed by atoms with van der Waals surface area (Å²) in [5.41, 5.74) is 0.656. The molecule has 1 aliphatic heterocycles. The van der Waals surface area contributed by atoms with Gasteiger partial charge in [0.1, 0.15) is 12.1 Å². The number of carbonyl (C=O) groups is 1. The molecule has 1 aromatic heterocycles. The van der Waals surface area contributed by atoms with Crippen molar-refractivity contribution in [2.75, 3.05) is 13.2 Å². The molecule has 0 spiro atoms. The van der Waals surface area contributed by atoms with E-state index >= 15 is 0 Å². The van der Waals surface area contributed by atoms with Crippen molar-refractivity contribution in [2.24, 2.45) is 0 Å². The van der Waals surface area contributed by atoms with Crippen molar-refractivity contribution >= 4 is 5.91 Å². The quantitative estimate of drug-likeness (QED) is 0.540. The van der Waals surface area contributed by atoms with Crippen LogP contribution in [0.1, 0.15) is 36.1 Å². The monoisotopic (exact) mass is 474 g/mol. The van der Waals surface area contributed by atoms with Crippen molar-refractivity contribution in [3.8, 4) is 5.75 Å². The van der Waals surface area contributed by atoms with Crippen LogP contribution in [0, 0.1) is 0 Å². The molecule has 2 aromatic carbocycles. The molecule has 1 N–H and O–H groups in total. The third-order valence-corrected chi connectivity index (χ3v) is 5.76. The number of nitrogens with zero attached hydrogens (tertiary/aromatic N) is 5. The maximum Gasteiger partial charge on any atom is 0.416 e. The summed E-state index contributed by atoms with van der Waals surface area (Å²) in [5.74, 6) is 0.522. The number of tetrazole rings is 1. The number of ether oxygens (including phenoxy) is 1. The van der Waals surface area contributed by atoms with Gasteiger partial charge < -0.3 is 10.1 Å². The Hall–Kier alpha value is -3.47. The molecular weight excluding hydrogens is 449 g/mol. The Labute approximate surface area is 194 Å². The van der Waals surface area contributed by atoms with Gasteiger partial charge in [-0.25, -0.2) is 4.68 Å². The summed E-state index contributed by atoms with van der Waals surface area (Å²) in [4.78, 5) is 15.1. The van der Waals surface area contributed by atoms with Crippen molar-refractivity contribution in [3.05, 3.63) is 71.5 Å². The van der Waals surface area contributed by atoms with E-state index < -0.39 is 17.8 Å². The van der Waals surface area contributed by atoms with Crippen LogP contribution in [0.5, 0.6) is 5.75 Å². The molecule has 0 aliphatic carbocycles. The van der Waals surface area contributed by atoms with Gasteiger partial charge in [0.05, 0.1) is 24.3 Å². The molecule has 11 heteroatoms. The fourth-order valence-electron chi connectivity index (χ4n) is 4.11. The molecule has 1 aliphatic rings. The van der Waals surface area contributed by atoms with Crippen LogP contribution in [0.4, 0.5) is 13.2 Å². The maximum absolute atomic E-state index is 13.1. The molecule has 0 saturated carbocycles. The zero-order chi connectivity index (χ0) is 24.1. The summed E-state index contributed by atoms with van der Waals surface area (Å²) < 4.78 is 46.1. The lowest BCUT2D eigenvalue weighted by Crippen LogP contribution is -2.42. The van der Waals surface area contributed by atoms with Gasteiger partial charge in [-0.05, 0) is 59.2 Å². The number of benzene rings is 2. The minimum Gasteiger partial charge on any atom is -0.494 e. The Kier molecular flexibility index (Phi) is 7.11. The van der Waals surface area contributed by atoms with E-state index in [4.69, 9.17) is 4.74 Å². The Morgan fingerprint density at radius 2 is 1.97 bits per heavy atom. The van der Waals surface area contributed by atoms with Gasteiger partial charge in [-0.15, -0.1) is 5.10 Å². The molecule has 8 nitrogen and oxygen atoms in total. The summed E-state index contributed by atoms with van der Waals surface area (Å²) in [7, 11) is 0. The van der Waals surface area contributed by atoms with Gasteiger partial charge in [0.25, 0.3) is 0 Å². The topological polar surface area (TPSA) is 85.2 Å². The molecule has 1 fully saturated rings. The number of alkyl halides is 3. The predicted molar refractivity (Wildman–Crippen MR) is 117 cm³/mol. The van der Waals surface area contributed by atoms with Gasteiger partial charge in [0.15, 0.2) is 0 Å². The third-order valence-electron chi connectivity index (χ3n) is 5.76. The van der Waals surface area contributed by atoms with Crippen LogP contribution in [0.2, 0.25) is 0 Å². The van der Waals surface area contributed by atoms with Crippen LogP contribution in [0.3, 0.4) is 0 Å². The summed E-state index contributed by atoms with van der Waals surface area (Å²) in [6, 6.07) is 12.1. The van der Waals surface area contributed by atoms with Crippen LogP contribution in [-0.4, -0.2) is 50.2 Å². The molecular formula is C23H25F3N6O2. The summed E-state index contributed by atoms with van der Waals surface area (Å²) in [5, 5.41) is 14.1. The molecule has 2 atom stereocenters. The number of nitrogens with one attached hydrogen (secondary N) is 1. The SMILES string of the molecule is CCOc1ccc(CN2C[C@H](n3cnnn3)C[C@H]2C(=O)NCc2cccc(C(F)(F)F)c2)cc1. The molecule has 1 amide bonds. The highest BCUT2D eigenvalue weighted by Crippen LogP contribution is 2.30. The fraction of sp³-hybridized carbons (Fsp3) is 0.391. The number of hydrogen-bond acceptors (Lipinski definition) is 6. The molecule has 0 radical (unpaired) electrons. The van der Waals surface area contributed by atoms with Crippen molar-refractivity contribution < 1.29 is 22.7 Å². The summed E-state index contributed by atoms with van der Waals surface area (Å²) >= 11 is 0. The van der Waals surface area contributed by atoms with Gasteiger partial charge in [0.2, 0.25) is 5.91 Å². The van der Waals surface area contributed by atoms with Gasteiger partial charge in [-0.1, -0.05) is 24.3 Å². The largest absolute Gasteiger partial charge is 0.494 e. The third kappa shape index (κ3) is 5.71. The maximum atomic E-state index is 13.1. The highest BCUT2D eigenvalue weighted by Gasteiger charge is 2.38. The van der Waals surface area contributed by atoms with Crippen molar-refractivity contribution in [1.29, 1.82) is 0 Å². The lowest BCUT2D eigenvalue weighted by molar-refractivity contribution is -0.137. The first kappa shape index (κ1) is 23.7. The number of amides is 1. The number of aromatic nitrogens is 4. The van der Waals surface area contributed by atoms with E-state index in [1.807, 2.05) is 36.1 Å². The average Bonchev–Trinajstić information content (AvgIpc) is 3.49. The van der Waals surface area contributed by atoms with Gasteiger partial charge in [-0.2, -0.15) is 13.2 Å². The molecule has 0 unspecified atom stereocenters. The van der Waals surface area contributed by atoms with Gasteiger partial charge >= 0.3 is 6.18 Å². The zero-order valence-corrected chi connectivity index (χ0v) is 18.6. The summed E-state index contributed by atoms with van der Waals surface area (Å²) in [6.07, 6.45) is -2.43. The molecule has 1 saturated heterocycles. The van der Waals surface area contributed by atoms with E-state index in [2.05, 4.69) is 20.8 Å². The molecule has 34 heavy (non-hydrogen) atoms. The second-order valence-electron chi connectivity index (χ2n) is 8.12. The van der Waals surface area contributed by atoms with Crippen molar-refractivity contribution in [2.45, 2.75) is 44.7 Å². The van der Waals surface area contributed by atoms with Crippen LogP contribution >= 0.6 is 0 Å². The van der Waals surface area contributed by atoms with Crippen LogP contribution in [-0.2, 0) is 24.1 Å². The standard InChI is InChI=1S/C23H25F3N6O2/c1-2-34-20-8-6-16(7-9-20)13-31-14-19(32-15-28-29-30-32)11-21(31)22(33)27-12-17-4-3-5-18(10-17)23(24,25)26/h3-10,15,19,21H,2,11-14H2,1H3,(H,27,33)/t19-,21+/m1/s1. The van der Waals surface area contributed by atoms with E-state index in [9.17, 15) is 18.0 Å². The Morgan fingerprint density at radius 1 is 1.18 bits per heavy atom. The number of likely N-dealkylation sites (tertiary alicyclic amines) is 1. The molecule has 0 bridgehead atoms. The van der Waals surface area contributed by atoms with Crippen molar-refractivity contribution in [3.63, 3.8) is 0 Å². The first-order valence-electron chi connectivity index (χ1n) is 11.0. The molecule has 2 heterocycles. The van der Waals surface area contributed by atoms with E-state index in [0.29, 0.717) is 31.7 Å². The summed E-state index contributed by atoms with van der Waals surface area (Å²) in [6.45, 7) is 3.57. The van der Waals surface area contributed by atoms with E-state index in [-0.39, 0.29) is 18.5 Å². The number of hydrogen-bond donors (Lipinski definition) is 1. The smallest absolute Gasteiger partial charge is 0.416 e. The first-order chi connectivity index (χ1) is 16.3. The molecule has 4 rings (SSSR count). The molecule has 3 aromatic rings. The molecule has 180 valence electrons. The van der Waals surface area contributed by atoms with Crippen LogP contribution in [0.15, 0.2) is 54.9 Å². The minimum absolute atomic E-state index is 0.00565. The van der Waals surface area contributed by atoms with Crippen LogP contribution in [0.25, 0.3) is 0 Å². The minimum atomic E-state index is -4.43. The zero-order valence-electron chi connectivity index (χ0n) is 18.6. The number of rotatable bonds is 8.